The highest BCUT2D eigenvalue weighted by Crippen LogP contribution is 2.41. The number of rotatable bonds is 3. The zero-order chi connectivity index (χ0) is 15.0. The van der Waals surface area contributed by atoms with Crippen LogP contribution in [0, 0.1) is 12.7 Å². The molecule has 1 aliphatic rings. The summed E-state index contributed by atoms with van der Waals surface area (Å²) in [6.45, 7) is 1.86. The van der Waals surface area contributed by atoms with Gasteiger partial charge in [-0.05, 0) is 24.1 Å². The van der Waals surface area contributed by atoms with Gasteiger partial charge in [-0.1, -0.05) is 36.4 Å². The SMILES string of the molecule is Cc1cccc(F)c1OC1(CN)c2ccccc2CC1O. The van der Waals surface area contributed by atoms with Crippen molar-refractivity contribution in [3.8, 4) is 5.75 Å². The Balaban J connectivity index is 2.10. The number of nitrogens with two attached hydrogens (primary N) is 1. The topological polar surface area (TPSA) is 55.5 Å². The second-order valence-electron chi connectivity index (χ2n) is 5.46. The molecule has 2 aromatic carbocycles. The van der Waals surface area contributed by atoms with Crippen molar-refractivity contribution in [2.75, 3.05) is 6.54 Å². The molecule has 21 heavy (non-hydrogen) atoms. The first kappa shape index (κ1) is 14.0. The molecule has 3 nitrogen and oxygen atoms in total. The predicted molar refractivity (Wildman–Crippen MR) is 78.7 cm³/mol. The van der Waals surface area contributed by atoms with Gasteiger partial charge in [-0.15, -0.1) is 0 Å². The van der Waals surface area contributed by atoms with E-state index in [-0.39, 0.29) is 12.3 Å². The van der Waals surface area contributed by atoms with Crippen molar-refractivity contribution in [3.05, 3.63) is 65.0 Å². The van der Waals surface area contributed by atoms with Gasteiger partial charge in [0.15, 0.2) is 17.2 Å². The Morgan fingerprint density at radius 2 is 2.05 bits per heavy atom. The Labute approximate surface area is 123 Å². The molecule has 3 rings (SSSR count). The zero-order valence-electron chi connectivity index (χ0n) is 11.8. The maximum atomic E-state index is 14.1. The number of halogens is 1. The molecule has 1 aliphatic carbocycles. The summed E-state index contributed by atoms with van der Waals surface area (Å²) in [7, 11) is 0. The molecule has 0 saturated carbocycles. The van der Waals surface area contributed by atoms with Gasteiger partial charge in [-0.3, -0.25) is 0 Å². The van der Waals surface area contributed by atoms with Gasteiger partial charge in [-0.2, -0.15) is 0 Å². The highest BCUT2D eigenvalue weighted by Gasteiger charge is 2.48. The predicted octanol–water partition coefficient (Wildman–Crippen LogP) is 2.28. The number of para-hydroxylation sites is 1. The Morgan fingerprint density at radius 3 is 2.76 bits per heavy atom. The highest BCUT2D eigenvalue weighted by atomic mass is 19.1. The molecule has 2 atom stereocenters. The van der Waals surface area contributed by atoms with E-state index in [9.17, 15) is 9.50 Å². The van der Waals surface area contributed by atoms with Crippen molar-refractivity contribution in [1.82, 2.24) is 0 Å². The molecular formula is C17H18FNO2. The molecule has 110 valence electrons. The van der Waals surface area contributed by atoms with E-state index in [1.165, 1.54) is 6.07 Å². The summed E-state index contributed by atoms with van der Waals surface area (Å²) in [4.78, 5) is 0. The summed E-state index contributed by atoms with van der Waals surface area (Å²) in [6.07, 6.45) is -0.333. The molecule has 4 heteroatoms. The quantitative estimate of drug-likeness (QED) is 0.910. The summed E-state index contributed by atoms with van der Waals surface area (Å²) >= 11 is 0. The van der Waals surface area contributed by atoms with Crippen LogP contribution in [0.1, 0.15) is 16.7 Å². The average Bonchev–Trinajstić information content (AvgIpc) is 2.76. The van der Waals surface area contributed by atoms with Gasteiger partial charge >= 0.3 is 0 Å². The molecule has 2 aromatic rings. The van der Waals surface area contributed by atoms with E-state index in [0.29, 0.717) is 12.0 Å². The molecule has 0 radical (unpaired) electrons. The number of hydrogen-bond acceptors (Lipinski definition) is 3. The van der Waals surface area contributed by atoms with Crippen LogP contribution < -0.4 is 10.5 Å². The molecule has 0 amide bonds. The van der Waals surface area contributed by atoms with Crippen molar-refractivity contribution < 1.29 is 14.2 Å². The molecule has 3 N–H and O–H groups in total. The van der Waals surface area contributed by atoms with Crippen LogP contribution >= 0.6 is 0 Å². The third kappa shape index (κ3) is 2.11. The van der Waals surface area contributed by atoms with Gasteiger partial charge in [0.25, 0.3) is 0 Å². The maximum absolute atomic E-state index is 14.1. The summed E-state index contributed by atoms with van der Waals surface area (Å²) in [5.74, 6) is -0.293. The van der Waals surface area contributed by atoms with E-state index in [1.54, 1.807) is 19.1 Å². The molecular weight excluding hydrogens is 269 g/mol. The molecule has 0 saturated heterocycles. The van der Waals surface area contributed by atoms with Crippen LogP contribution in [0.25, 0.3) is 0 Å². The van der Waals surface area contributed by atoms with Crippen molar-refractivity contribution in [2.24, 2.45) is 5.73 Å². The number of hydrogen-bond donors (Lipinski definition) is 2. The minimum absolute atomic E-state index is 0.0823. The number of aliphatic hydroxyl groups excluding tert-OH is 1. The van der Waals surface area contributed by atoms with Gasteiger partial charge in [-0.25, -0.2) is 4.39 Å². The van der Waals surface area contributed by atoms with Crippen LogP contribution in [0.4, 0.5) is 4.39 Å². The minimum Gasteiger partial charge on any atom is -0.475 e. The third-order valence-electron chi connectivity index (χ3n) is 4.18. The number of aliphatic hydroxyl groups is 1. The van der Waals surface area contributed by atoms with Crippen LogP contribution in [-0.2, 0) is 12.0 Å². The number of benzene rings is 2. The normalized spacial score (nSPS) is 23.9. The molecule has 0 fully saturated rings. The van der Waals surface area contributed by atoms with Gasteiger partial charge in [0, 0.05) is 18.5 Å². The fraction of sp³-hybridized carbons (Fsp3) is 0.294. The van der Waals surface area contributed by atoms with Crippen molar-refractivity contribution in [2.45, 2.75) is 25.0 Å². The second-order valence-corrected chi connectivity index (χ2v) is 5.46. The lowest BCUT2D eigenvalue weighted by Crippen LogP contribution is -2.48. The van der Waals surface area contributed by atoms with Gasteiger partial charge < -0.3 is 15.6 Å². The van der Waals surface area contributed by atoms with E-state index in [2.05, 4.69) is 0 Å². The molecule has 0 bridgehead atoms. The lowest BCUT2D eigenvalue weighted by atomic mass is 9.93. The highest BCUT2D eigenvalue weighted by molar-refractivity contribution is 5.43. The Hall–Kier alpha value is -1.91. The van der Waals surface area contributed by atoms with Crippen molar-refractivity contribution >= 4 is 0 Å². The van der Waals surface area contributed by atoms with E-state index in [0.717, 1.165) is 11.1 Å². The van der Waals surface area contributed by atoms with E-state index in [4.69, 9.17) is 10.5 Å². The Kier molecular flexibility index (Phi) is 3.43. The Morgan fingerprint density at radius 1 is 1.29 bits per heavy atom. The largest absolute Gasteiger partial charge is 0.475 e. The van der Waals surface area contributed by atoms with Crippen LogP contribution in [0.3, 0.4) is 0 Å². The maximum Gasteiger partial charge on any atom is 0.172 e. The summed E-state index contributed by atoms with van der Waals surface area (Å²) in [5, 5.41) is 10.5. The first-order valence-electron chi connectivity index (χ1n) is 6.99. The summed E-state index contributed by atoms with van der Waals surface area (Å²) in [5.41, 5.74) is 7.33. The number of fused-ring (bicyclic) bond motifs is 1. The van der Waals surface area contributed by atoms with Crippen LogP contribution in [0.2, 0.25) is 0 Å². The first-order valence-corrected chi connectivity index (χ1v) is 6.99. The van der Waals surface area contributed by atoms with E-state index >= 15 is 0 Å². The standard InChI is InChI=1S/C17H18FNO2/c1-11-5-4-8-14(18)16(11)21-17(10-19)13-7-3-2-6-12(13)9-15(17)20/h2-8,15,20H,9-10,19H2,1H3. The molecule has 0 heterocycles. The van der Waals surface area contributed by atoms with Crippen LogP contribution in [0.5, 0.6) is 5.75 Å². The molecule has 0 spiro atoms. The number of ether oxygens (including phenoxy) is 1. The number of aryl methyl sites for hydroxylation is 1. The van der Waals surface area contributed by atoms with Gasteiger partial charge in [0.2, 0.25) is 0 Å². The first-order chi connectivity index (χ1) is 10.1. The average molecular weight is 287 g/mol. The smallest absolute Gasteiger partial charge is 0.172 e. The van der Waals surface area contributed by atoms with Crippen LogP contribution in [-0.4, -0.2) is 17.8 Å². The molecule has 0 aromatic heterocycles. The van der Waals surface area contributed by atoms with Crippen LogP contribution in [0.15, 0.2) is 42.5 Å². The monoisotopic (exact) mass is 287 g/mol. The lowest BCUT2D eigenvalue weighted by Gasteiger charge is -2.34. The van der Waals surface area contributed by atoms with Crippen molar-refractivity contribution in [3.63, 3.8) is 0 Å². The third-order valence-corrected chi connectivity index (χ3v) is 4.18. The molecule has 2 unspecified atom stereocenters. The zero-order valence-corrected chi connectivity index (χ0v) is 11.8. The molecule has 0 aliphatic heterocycles. The van der Waals surface area contributed by atoms with E-state index in [1.807, 2.05) is 24.3 Å². The second kappa shape index (κ2) is 5.13. The summed E-state index contributed by atoms with van der Waals surface area (Å²) < 4.78 is 20.0. The van der Waals surface area contributed by atoms with Gasteiger partial charge in [0.1, 0.15) is 6.10 Å². The van der Waals surface area contributed by atoms with E-state index < -0.39 is 17.5 Å². The lowest BCUT2D eigenvalue weighted by molar-refractivity contribution is -0.0419. The fourth-order valence-electron chi connectivity index (χ4n) is 3.00. The van der Waals surface area contributed by atoms with Crippen molar-refractivity contribution in [1.29, 1.82) is 0 Å². The minimum atomic E-state index is -1.09. The fourth-order valence-corrected chi connectivity index (χ4v) is 3.00. The Bertz CT molecular complexity index is 653. The summed E-state index contributed by atoms with van der Waals surface area (Å²) in [6, 6.07) is 12.4. The van der Waals surface area contributed by atoms with Gasteiger partial charge in [0.05, 0.1) is 0 Å².